The van der Waals surface area contributed by atoms with E-state index in [1.165, 1.54) is 11.3 Å². The van der Waals surface area contributed by atoms with Gasteiger partial charge in [-0.1, -0.05) is 36.8 Å². The largest absolute Gasteiger partial charge is 0.496 e. The summed E-state index contributed by atoms with van der Waals surface area (Å²) in [5.74, 6) is 1.02. The zero-order chi connectivity index (χ0) is 15.9. The third kappa shape index (κ3) is 2.24. The van der Waals surface area contributed by atoms with E-state index >= 15 is 0 Å². The highest BCUT2D eigenvalue weighted by molar-refractivity contribution is 7.16. The van der Waals surface area contributed by atoms with Crippen molar-refractivity contribution in [2.75, 3.05) is 7.11 Å². The molecule has 0 fully saturated rings. The molecule has 1 aromatic carbocycles. The highest BCUT2D eigenvalue weighted by atomic mass is 32.1. The van der Waals surface area contributed by atoms with Crippen LogP contribution in [0.15, 0.2) is 18.2 Å². The molecule has 0 aliphatic carbocycles. The number of nitrogens with zero attached hydrogens (tertiary/aromatic N) is 4. The summed E-state index contributed by atoms with van der Waals surface area (Å²) >= 11 is 1.52. The zero-order valence-corrected chi connectivity index (χ0v) is 13.7. The smallest absolute Gasteiger partial charge is 0.214 e. The van der Waals surface area contributed by atoms with Crippen molar-refractivity contribution < 1.29 is 4.74 Å². The van der Waals surface area contributed by atoms with E-state index in [2.05, 4.69) is 30.0 Å². The van der Waals surface area contributed by atoms with E-state index in [1.54, 1.807) is 11.6 Å². The van der Waals surface area contributed by atoms with Gasteiger partial charge in [0.05, 0.1) is 7.11 Å². The van der Waals surface area contributed by atoms with Gasteiger partial charge in [-0.2, -0.15) is 14.9 Å². The van der Waals surface area contributed by atoms with Gasteiger partial charge in [0.1, 0.15) is 22.5 Å². The molecule has 3 rings (SSSR count). The first-order valence-corrected chi connectivity index (χ1v) is 7.81. The first kappa shape index (κ1) is 14.5. The molecule has 0 bridgehead atoms. The number of fused-ring (bicyclic) bond motifs is 1. The van der Waals surface area contributed by atoms with Crippen LogP contribution in [0.5, 0.6) is 5.75 Å². The minimum Gasteiger partial charge on any atom is -0.496 e. The molecule has 112 valence electrons. The number of rotatable bonds is 3. The topological polar surface area (TPSA) is 63.2 Å². The molecule has 22 heavy (non-hydrogen) atoms. The molecular weight excluding hydrogens is 296 g/mol. The molecule has 0 aliphatic rings. The van der Waals surface area contributed by atoms with E-state index in [-0.39, 0.29) is 0 Å². The number of nitriles is 1. The Balaban J connectivity index is 2.26. The van der Waals surface area contributed by atoms with Crippen molar-refractivity contribution in [3.05, 3.63) is 34.5 Å². The number of hydrogen-bond donors (Lipinski definition) is 0. The molecular formula is C16H16N4OS. The van der Waals surface area contributed by atoms with Gasteiger partial charge in [-0.05, 0) is 19.1 Å². The van der Waals surface area contributed by atoms with Gasteiger partial charge in [-0.15, -0.1) is 0 Å². The Morgan fingerprint density at radius 1 is 1.36 bits per heavy atom. The molecule has 0 unspecified atom stereocenters. The van der Waals surface area contributed by atoms with Crippen molar-refractivity contribution in [2.45, 2.75) is 26.7 Å². The normalized spacial score (nSPS) is 11.1. The quantitative estimate of drug-likeness (QED) is 0.738. The van der Waals surface area contributed by atoms with Crippen molar-refractivity contribution >= 4 is 16.3 Å². The maximum absolute atomic E-state index is 9.56. The van der Waals surface area contributed by atoms with Crippen molar-refractivity contribution in [2.24, 2.45) is 0 Å². The predicted octanol–water partition coefficient (Wildman–Crippen LogP) is 3.77. The number of methoxy groups -OCH3 is 1. The van der Waals surface area contributed by atoms with Gasteiger partial charge in [0, 0.05) is 11.5 Å². The van der Waals surface area contributed by atoms with Crippen LogP contribution < -0.4 is 4.74 Å². The monoisotopic (exact) mass is 312 g/mol. The molecule has 5 nitrogen and oxygen atoms in total. The molecule has 0 radical (unpaired) electrons. The number of benzene rings is 1. The maximum atomic E-state index is 9.56. The second-order valence-corrected chi connectivity index (χ2v) is 6.40. The second-order valence-electron chi connectivity index (χ2n) is 5.41. The average molecular weight is 312 g/mol. The highest BCUT2D eigenvalue weighted by Gasteiger charge is 2.21. The van der Waals surface area contributed by atoms with Crippen molar-refractivity contribution in [1.29, 1.82) is 5.26 Å². The van der Waals surface area contributed by atoms with Crippen LogP contribution in [0.3, 0.4) is 0 Å². The molecule has 3 aromatic rings. The SMILES string of the molecule is COc1ccc(C)cc1-c1nc2sc(C(C)C)nn2c1C#N. The minimum absolute atomic E-state index is 0.315. The standard InChI is InChI=1S/C16H16N4OS/c1-9(2)15-19-20-12(8-17)14(18-16(20)22-15)11-7-10(3)5-6-13(11)21-4/h5-7,9H,1-4H3. The fraction of sp³-hybridized carbons (Fsp3) is 0.312. The molecule has 0 spiro atoms. The Morgan fingerprint density at radius 3 is 2.77 bits per heavy atom. The lowest BCUT2D eigenvalue weighted by Crippen LogP contribution is -1.95. The van der Waals surface area contributed by atoms with E-state index < -0.39 is 0 Å². The van der Waals surface area contributed by atoms with Gasteiger partial charge < -0.3 is 4.74 Å². The number of aryl methyl sites for hydroxylation is 1. The van der Waals surface area contributed by atoms with E-state index in [0.29, 0.717) is 23.1 Å². The summed E-state index contributed by atoms with van der Waals surface area (Å²) in [6, 6.07) is 8.08. The Morgan fingerprint density at radius 2 is 2.14 bits per heavy atom. The van der Waals surface area contributed by atoms with Crippen molar-refractivity contribution in [3.8, 4) is 23.1 Å². The molecule has 6 heteroatoms. The molecule has 0 amide bonds. The lowest BCUT2D eigenvalue weighted by Gasteiger charge is -2.07. The van der Waals surface area contributed by atoms with Crippen LogP contribution in [0.4, 0.5) is 0 Å². The van der Waals surface area contributed by atoms with Crippen LogP contribution in [-0.4, -0.2) is 21.7 Å². The second kappa shape index (κ2) is 5.43. The Kier molecular flexibility index (Phi) is 3.59. The van der Waals surface area contributed by atoms with E-state index in [1.807, 2.05) is 25.1 Å². The summed E-state index contributed by atoms with van der Waals surface area (Å²) in [5.41, 5.74) is 2.98. The molecule has 0 saturated carbocycles. The lowest BCUT2D eigenvalue weighted by molar-refractivity contribution is 0.416. The van der Waals surface area contributed by atoms with Crippen LogP contribution in [0.2, 0.25) is 0 Å². The van der Waals surface area contributed by atoms with Crippen LogP contribution in [-0.2, 0) is 0 Å². The third-order valence-corrected chi connectivity index (χ3v) is 4.64. The van der Waals surface area contributed by atoms with Crippen molar-refractivity contribution in [1.82, 2.24) is 14.6 Å². The molecule has 2 heterocycles. The van der Waals surface area contributed by atoms with Gasteiger partial charge in [0.2, 0.25) is 4.96 Å². The Labute approximate surface area is 132 Å². The number of aromatic nitrogens is 3. The van der Waals surface area contributed by atoms with E-state index in [0.717, 1.165) is 21.1 Å². The van der Waals surface area contributed by atoms with E-state index in [4.69, 9.17) is 4.74 Å². The fourth-order valence-electron chi connectivity index (χ4n) is 2.29. The third-order valence-electron chi connectivity index (χ3n) is 3.43. The maximum Gasteiger partial charge on any atom is 0.214 e. The molecule has 2 aromatic heterocycles. The summed E-state index contributed by atoms with van der Waals surface area (Å²) in [6.45, 7) is 6.16. The van der Waals surface area contributed by atoms with Crippen molar-refractivity contribution in [3.63, 3.8) is 0 Å². The first-order valence-electron chi connectivity index (χ1n) is 6.99. The predicted molar refractivity (Wildman–Crippen MR) is 86.4 cm³/mol. The van der Waals surface area contributed by atoms with Gasteiger partial charge in [-0.25, -0.2) is 4.98 Å². The summed E-state index contributed by atoms with van der Waals surface area (Å²) in [4.78, 5) is 5.36. The summed E-state index contributed by atoms with van der Waals surface area (Å²) in [7, 11) is 1.62. The molecule has 0 N–H and O–H groups in total. The zero-order valence-electron chi connectivity index (χ0n) is 12.9. The summed E-state index contributed by atoms with van der Waals surface area (Å²) in [6.07, 6.45) is 0. The van der Waals surface area contributed by atoms with Gasteiger partial charge in [-0.3, -0.25) is 0 Å². The van der Waals surface area contributed by atoms with Gasteiger partial charge >= 0.3 is 0 Å². The van der Waals surface area contributed by atoms with Gasteiger partial charge in [0.25, 0.3) is 0 Å². The lowest BCUT2D eigenvalue weighted by atomic mass is 10.1. The highest BCUT2D eigenvalue weighted by Crippen LogP contribution is 2.34. The van der Waals surface area contributed by atoms with Crippen LogP contribution in [0, 0.1) is 18.3 Å². The fourth-order valence-corrected chi connectivity index (χ4v) is 3.19. The molecule has 0 saturated heterocycles. The summed E-state index contributed by atoms with van der Waals surface area (Å²) < 4.78 is 7.05. The number of ether oxygens (including phenoxy) is 1. The van der Waals surface area contributed by atoms with Crippen LogP contribution in [0.25, 0.3) is 16.2 Å². The summed E-state index contributed by atoms with van der Waals surface area (Å²) in [5, 5.41) is 15.1. The van der Waals surface area contributed by atoms with E-state index in [9.17, 15) is 5.26 Å². The van der Waals surface area contributed by atoms with Crippen LogP contribution in [0.1, 0.15) is 36.0 Å². The number of hydrogen-bond acceptors (Lipinski definition) is 5. The first-order chi connectivity index (χ1) is 10.5. The van der Waals surface area contributed by atoms with Crippen LogP contribution >= 0.6 is 11.3 Å². The molecule has 0 aliphatic heterocycles. The number of imidazole rings is 1. The Bertz CT molecular complexity index is 886. The van der Waals surface area contributed by atoms with Gasteiger partial charge in [0.15, 0.2) is 5.69 Å². The average Bonchev–Trinajstić information content (AvgIpc) is 3.04. The minimum atomic E-state index is 0.315. The Hall–Kier alpha value is -2.39. The molecule has 0 atom stereocenters.